The molecule has 0 spiro atoms. The summed E-state index contributed by atoms with van der Waals surface area (Å²) < 4.78 is 5.29. The number of rotatable bonds is 5. The van der Waals surface area contributed by atoms with Crippen LogP contribution in [0.5, 0.6) is 5.75 Å². The summed E-state index contributed by atoms with van der Waals surface area (Å²) in [6.45, 7) is 2.08. The lowest BCUT2D eigenvalue weighted by molar-refractivity contribution is -0.117. The molecule has 0 fully saturated rings. The predicted molar refractivity (Wildman–Crippen MR) is 97.1 cm³/mol. The number of hydrogen-bond acceptors (Lipinski definition) is 3. The molecule has 4 heteroatoms. The first-order chi connectivity index (χ1) is 11.7. The molecule has 0 aromatic heterocycles. The highest BCUT2D eigenvalue weighted by Gasteiger charge is 2.16. The Balaban J connectivity index is 1.56. The Morgan fingerprint density at radius 3 is 2.71 bits per heavy atom. The lowest BCUT2D eigenvalue weighted by Crippen LogP contribution is -2.36. The average molecular weight is 322 g/mol. The molecule has 0 unspecified atom stereocenters. The van der Waals surface area contributed by atoms with Gasteiger partial charge in [-0.3, -0.25) is 9.69 Å². The van der Waals surface area contributed by atoms with E-state index in [1.807, 2.05) is 42.5 Å². The van der Waals surface area contributed by atoms with Crippen LogP contribution in [-0.4, -0.2) is 37.6 Å². The number of carbonyl (C=O) groups is 1. The topological polar surface area (TPSA) is 41.6 Å². The number of nitrogens with one attached hydrogen (secondary N) is 1. The minimum absolute atomic E-state index is 0.0273. The van der Waals surface area contributed by atoms with E-state index in [2.05, 4.69) is 28.4 Å². The summed E-state index contributed by atoms with van der Waals surface area (Å²) in [5.74, 6) is 0.900. The van der Waals surface area contributed by atoms with Crippen LogP contribution in [0.2, 0.25) is 0 Å². The van der Waals surface area contributed by atoms with Gasteiger partial charge in [0.25, 0.3) is 0 Å². The smallest absolute Gasteiger partial charge is 0.238 e. The van der Waals surface area contributed by atoms with Crippen molar-refractivity contribution in [2.24, 2.45) is 0 Å². The van der Waals surface area contributed by atoms with Gasteiger partial charge in [-0.2, -0.15) is 0 Å². The van der Waals surface area contributed by atoms with Gasteiger partial charge in [-0.1, -0.05) is 36.4 Å². The fourth-order valence-electron chi connectivity index (χ4n) is 2.86. The molecule has 24 heavy (non-hydrogen) atoms. The van der Waals surface area contributed by atoms with Gasteiger partial charge >= 0.3 is 0 Å². The first kappa shape index (κ1) is 16.3. The molecule has 4 nitrogen and oxygen atoms in total. The van der Waals surface area contributed by atoms with Gasteiger partial charge in [-0.15, -0.1) is 0 Å². The highest BCUT2D eigenvalue weighted by Crippen LogP contribution is 2.25. The fraction of sp³-hybridized carbons (Fsp3) is 0.250. The lowest BCUT2D eigenvalue weighted by Gasteiger charge is -2.26. The molecule has 1 aliphatic rings. The molecule has 0 aliphatic carbocycles. The third-order valence-electron chi connectivity index (χ3n) is 4.16. The van der Waals surface area contributed by atoms with Crippen molar-refractivity contribution in [2.45, 2.75) is 6.42 Å². The van der Waals surface area contributed by atoms with Crippen molar-refractivity contribution in [2.75, 3.05) is 32.1 Å². The molecule has 1 aliphatic heterocycles. The second-order valence-corrected chi connectivity index (χ2v) is 5.86. The molecule has 0 bridgehead atoms. The van der Waals surface area contributed by atoms with Crippen LogP contribution >= 0.6 is 0 Å². The first-order valence-electron chi connectivity index (χ1n) is 8.15. The van der Waals surface area contributed by atoms with Crippen LogP contribution in [-0.2, 0) is 4.79 Å². The van der Waals surface area contributed by atoms with Crippen molar-refractivity contribution in [3.8, 4) is 5.75 Å². The maximum Gasteiger partial charge on any atom is 0.238 e. The van der Waals surface area contributed by atoms with Crippen LogP contribution in [0.1, 0.15) is 12.0 Å². The monoisotopic (exact) mass is 322 g/mol. The van der Waals surface area contributed by atoms with Crippen molar-refractivity contribution in [3.63, 3.8) is 0 Å². The van der Waals surface area contributed by atoms with Crippen LogP contribution in [0.15, 0.2) is 60.7 Å². The Bertz CT molecular complexity index is 725. The number of hydrogen-bond donors (Lipinski definition) is 1. The normalized spacial score (nSPS) is 14.8. The number of para-hydroxylation sites is 1. The number of benzene rings is 2. The van der Waals surface area contributed by atoms with E-state index in [-0.39, 0.29) is 5.91 Å². The summed E-state index contributed by atoms with van der Waals surface area (Å²) in [5.41, 5.74) is 3.35. The predicted octanol–water partition coefficient (Wildman–Crippen LogP) is 3.42. The number of carbonyl (C=O) groups excluding carboxylic acids is 1. The Morgan fingerprint density at radius 2 is 2.00 bits per heavy atom. The van der Waals surface area contributed by atoms with Crippen LogP contribution in [0.25, 0.3) is 5.57 Å². The first-order valence-corrected chi connectivity index (χ1v) is 8.15. The van der Waals surface area contributed by atoms with Crippen molar-refractivity contribution >= 4 is 17.2 Å². The zero-order valence-electron chi connectivity index (χ0n) is 13.9. The minimum Gasteiger partial charge on any atom is -0.497 e. The minimum atomic E-state index is 0.0273. The summed E-state index contributed by atoms with van der Waals surface area (Å²) in [4.78, 5) is 14.3. The maximum absolute atomic E-state index is 12.1. The number of ether oxygens (including phenoxy) is 1. The van der Waals surface area contributed by atoms with Gasteiger partial charge in [0.1, 0.15) is 5.75 Å². The van der Waals surface area contributed by atoms with Crippen molar-refractivity contribution < 1.29 is 9.53 Å². The molecule has 2 aromatic carbocycles. The van der Waals surface area contributed by atoms with Crippen LogP contribution in [0.4, 0.5) is 5.69 Å². The van der Waals surface area contributed by atoms with E-state index in [0.717, 1.165) is 30.9 Å². The van der Waals surface area contributed by atoms with Gasteiger partial charge < -0.3 is 10.1 Å². The summed E-state index contributed by atoms with van der Waals surface area (Å²) >= 11 is 0. The third-order valence-corrected chi connectivity index (χ3v) is 4.16. The Morgan fingerprint density at radius 1 is 1.17 bits per heavy atom. The van der Waals surface area contributed by atoms with Gasteiger partial charge in [0, 0.05) is 18.8 Å². The molecule has 124 valence electrons. The second-order valence-electron chi connectivity index (χ2n) is 5.86. The fourth-order valence-corrected chi connectivity index (χ4v) is 2.86. The van der Waals surface area contributed by atoms with E-state index in [4.69, 9.17) is 4.74 Å². The maximum atomic E-state index is 12.1. The molecular weight excluding hydrogens is 300 g/mol. The molecule has 2 aromatic rings. The van der Waals surface area contributed by atoms with Gasteiger partial charge in [-0.25, -0.2) is 0 Å². The molecule has 0 radical (unpaired) electrons. The zero-order valence-corrected chi connectivity index (χ0v) is 13.9. The standard InChI is InChI=1S/C20H22N2O2/c1-24-19-9-5-6-17(14-19)16-10-12-22(13-11-16)15-20(23)21-18-7-3-2-4-8-18/h2-10,14H,11-13,15H2,1H3,(H,21,23). The van der Waals surface area contributed by atoms with Gasteiger partial charge in [0.2, 0.25) is 5.91 Å². The molecule has 3 rings (SSSR count). The second kappa shape index (κ2) is 7.79. The van der Waals surface area contributed by atoms with E-state index in [0.29, 0.717) is 6.54 Å². The number of anilines is 1. The molecule has 1 N–H and O–H groups in total. The zero-order chi connectivity index (χ0) is 16.8. The summed E-state index contributed by atoms with van der Waals surface area (Å²) in [7, 11) is 1.68. The van der Waals surface area contributed by atoms with Gasteiger partial charge in [0.05, 0.1) is 13.7 Å². The molecule has 1 heterocycles. The van der Waals surface area contributed by atoms with Crippen molar-refractivity contribution in [1.29, 1.82) is 0 Å². The molecular formula is C20H22N2O2. The Kier molecular flexibility index (Phi) is 5.29. The van der Waals surface area contributed by atoms with Gasteiger partial charge in [0.15, 0.2) is 0 Å². The van der Waals surface area contributed by atoms with Crippen LogP contribution in [0.3, 0.4) is 0 Å². The highest BCUT2D eigenvalue weighted by atomic mass is 16.5. The largest absolute Gasteiger partial charge is 0.497 e. The lowest BCUT2D eigenvalue weighted by atomic mass is 9.99. The van der Waals surface area contributed by atoms with Crippen molar-refractivity contribution in [1.82, 2.24) is 4.90 Å². The summed E-state index contributed by atoms with van der Waals surface area (Å²) in [6.07, 6.45) is 3.14. The van der Waals surface area contributed by atoms with Crippen LogP contribution in [0, 0.1) is 0 Å². The highest BCUT2D eigenvalue weighted by molar-refractivity contribution is 5.92. The number of amides is 1. The average Bonchev–Trinajstić information content (AvgIpc) is 2.63. The van der Waals surface area contributed by atoms with Crippen LogP contribution < -0.4 is 10.1 Å². The van der Waals surface area contributed by atoms with E-state index < -0.39 is 0 Å². The summed E-state index contributed by atoms with van der Waals surface area (Å²) in [5, 5.41) is 2.93. The van der Waals surface area contributed by atoms with Crippen molar-refractivity contribution in [3.05, 3.63) is 66.2 Å². The quantitative estimate of drug-likeness (QED) is 0.917. The number of nitrogens with zero attached hydrogens (tertiary/aromatic N) is 1. The van der Waals surface area contributed by atoms with E-state index in [1.54, 1.807) is 7.11 Å². The Hall–Kier alpha value is -2.59. The van der Waals surface area contributed by atoms with E-state index >= 15 is 0 Å². The third kappa shape index (κ3) is 4.24. The summed E-state index contributed by atoms with van der Waals surface area (Å²) in [6, 6.07) is 17.7. The molecule has 0 saturated carbocycles. The molecule has 1 amide bonds. The van der Waals surface area contributed by atoms with E-state index in [9.17, 15) is 4.79 Å². The molecule has 0 atom stereocenters. The number of methoxy groups -OCH3 is 1. The Labute approximate surface area is 142 Å². The molecule has 0 saturated heterocycles. The SMILES string of the molecule is COc1cccc(C2=CCN(CC(=O)Nc3ccccc3)CC2)c1. The van der Waals surface area contributed by atoms with E-state index in [1.165, 1.54) is 11.1 Å². The van der Waals surface area contributed by atoms with Gasteiger partial charge in [-0.05, 0) is 41.8 Å².